The van der Waals surface area contributed by atoms with Crippen LogP contribution >= 0.6 is 0 Å². The van der Waals surface area contributed by atoms with Gasteiger partial charge in [-0.2, -0.15) is 0 Å². The van der Waals surface area contributed by atoms with Gasteiger partial charge < -0.3 is 22.1 Å². The van der Waals surface area contributed by atoms with E-state index in [4.69, 9.17) is 9.40 Å². The average molecular weight is 634 g/mol. The van der Waals surface area contributed by atoms with Gasteiger partial charge in [-0.1, -0.05) is 140 Å². The van der Waals surface area contributed by atoms with Gasteiger partial charge in [-0.15, -0.1) is 0 Å². The van der Waals surface area contributed by atoms with Crippen molar-refractivity contribution in [3.63, 3.8) is 0 Å². The molecule has 2 aliphatic rings. The maximum absolute atomic E-state index is 6.49. The molecule has 5 heteroatoms. The zero-order valence-electron chi connectivity index (χ0n) is 28.6. The van der Waals surface area contributed by atoms with Gasteiger partial charge >= 0.3 is 0 Å². The molecule has 1 N–H and O–H groups in total. The van der Waals surface area contributed by atoms with Crippen LogP contribution in [0.25, 0.3) is 33.3 Å². The monoisotopic (exact) mass is 633 g/mol. The Morgan fingerprint density at radius 2 is 1.16 bits per heavy atom. The van der Waals surface area contributed by atoms with Gasteiger partial charge in [-0.25, -0.2) is 9.56 Å². The van der Waals surface area contributed by atoms with Crippen molar-refractivity contribution >= 4 is 27.6 Å². The molecular weight excluding hydrogens is 574 g/mol. The summed E-state index contributed by atoms with van der Waals surface area (Å²) in [4.78, 5) is 5.05. The second-order valence-electron chi connectivity index (χ2n) is 12.8. The van der Waals surface area contributed by atoms with Crippen LogP contribution in [-0.2, 0) is 0 Å². The van der Waals surface area contributed by atoms with Crippen molar-refractivity contribution in [2.75, 3.05) is 25.0 Å². The number of anilines is 1. The van der Waals surface area contributed by atoms with Crippen LogP contribution in [0.1, 0.15) is 136 Å². The molecule has 1 heterocycles. The van der Waals surface area contributed by atoms with E-state index in [2.05, 4.69) is 79.2 Å². The fraction of sp³-hybridized carbons (Fsp3) is 0.600. The van der Waals surface area contributed by atoms with Crippen LogP contribution in [0.5, 0.6) is 0 Å². The lowest BCUT2D eigenvalue weighted by Gasteiger charge is -2.13. The molecule has 2 aromatic carbocycles. The van der Waals surface area contributed by atoms with E-state index in [1.165, 1.54) is 126 Å². The minimum absolute atomic E-state index is 0. The number of unbranched alkanes of at least 4 members (excludes halogenated alkanes) is 17. The molecule has 0 saturated carbocycles. The lowest BCUT2D eigenvalue weighted by Crippen LogP contribution is -3.00. The molecule has 0 atom stereocenters. The fourth-order valence-electron chi connectivity index (χ4n) is 6.62. The van der Waals surface area contributed by atoms with Gasteiger partial charge in [-0.05, 0) is 26.3 Å². The van der Waals surface area contributed by atoms with Gasteiger partial charge in [0.25, 0.3) is 0 Å². The summed E-state index contributed by atoms with van der Waals surface area (Å²) in [6, 6.07) is 17.1. The predicted octanol–water partition coefficient (Wildman–Crippen LogP) is 8.36. The molecule has 4 rings (SSSR count). The lowest BCUT2D eigenvalue weighted by atomic mass is 10.0. The second-order valence-corrected chi connectivity index (χ2v) is 12.8. The Morgan fingerprint density at radius 3 is 1.71 bits per heavy atom. The van der Waals surface area contributed by atoms with E-state index in [1.807, 2.05) is 0 Å². The standard InChI is InChI=1S/C40H59N3O.ClH/c1-4-7-8-9-10-11-12-13-14-15-16-17-18-19-20-21-22-25-30-41-37-32-39-40(35-27-24-23-26-34(35)37)42-36-29-28-33(31-38(36)44-39)43(5-2)6-3;/h23-24,26-29,31-32H,4-22,25,30H2,1-3H3;1H. The van der Waals surface area contributed by atoms with E-state index in [-0.39, 0.29) is 12.4 Å². The number of hydrogen-bond acceptors (Lipinski definition) is 3. The van der Waals surface area contributed by atoms with Crippen LogP contribution in [0.15, 0.2) is 52.9 Å². The Bertz CT molecular complexity index is 1420. The molecule has 0 unspecified atom stereocenters. The summed E-state index contributed by atoms with van der Waals surface area (Å²) < 4.78 is 8.83. The predicted molar refractivity (Wildman–Crippen MR) is 192 cm³/mol. The van der Waals surface area contributed by atoms with Crippen LogP contribution in [0.4, 0.5) is 5.69 Å². The minimum atomic E-state index is 0. The summed E-state index contributed by atoms with van der Waals surface area (Å²) >= 11 is 0. The Balaban J connectivity index is 0.00000552. The summed E-state index contributed by atoms with van der Waals surface area (Å²) in [5, 5.41) is 7.27. The number of aromatic nitrogens is 1. The number of benzene rings is 3. The van der Waals surface area contributed by atoms with Gasteiger partial charge in [0.05, 0.1) is 6.07 Å². The second kappa shape index (κ2) is 21.3. The topological polar surface area (TPSA) is 41.1 Å². The zero-order chi connectivity index (χ0) is 30.8. The van der Waals surface area contributed by atoms with Crippen molar-refractivity contribution < 1.29 is 16.8 Å². The number of nitrogens with one attached hydrogen (secondary N) is 1. The Labute approximate surface area is 279 Å². The molecule has 1 aliphatic carbocycles. The molecule has 0 fully saturated rings. The van der Waals surface area contributed by atoms with Crippen LogP contribution in [0, 0.1) is 0 Å². The first kappa shape index (κ1) is 36.9. The number of rotatable bonds is 22. The largest absolute Gasteiger partial charge is 1.00 e. The molecule has 0 saturated heterocycles. The van der Waals surface area contributed by atoms with Crippen LogP contribution in [0.3, 0.4) is 0 Å². The summed E-state index contributed by atoms with van der Waals surface area (Å²) in [5.41, 5.74) is 3.82. The summed E-state index contributed by atoms with van der Waals surface area (Å²) in [6.45, 7) is 9.61. The summed E-state index contributed by atoms with van der Waals surface area (Å²) in [6.07, 6.45) is 25.3. The van der Waals surface area contributed by atoms with E-state index < -0.39 is 0 Å². The molecular formula is C40H60ClN3O. The molecule has 0 radical (unpaired) electrons. The third-order valence-electron chi connectivity index (χ3n) is 9.35. The van der Waals surface area contributed by atoms with Crippen LogP contribution < -0.4 is 27.7 Å². The lowest BCUT2D eigenvalue weighted by molar-refractivity contribution is -0.00000977. The molecule has 4 nitrogen and oxygen atoms in total. The van der Waals surface area contributed by atoms with E-state index in [9.17, 15) is 0 Å². The first-order valence-electron chi connectivity index (χ1n) is 18.3. The summed E-state index contributed by atoms with van der Waals surface area (Å²) in [5.74, 6) is 0.839. The average Bonchev–Trinajstić information content (AvgIpc) is 3.05. The van der Waals surface area contributed by atoms with E-state index in [0.717, 1.165) is 53.3 Å². The number of fused-ring (bicyclic) bond motifs is 4. The van der Waals surface area contributed by atoms with Gasteiger partial charge in [0.2, 0.25) is 5.36 Å². The molecule has 1 aliphatic heterocycles. The molecule has 0 bridgehead atoms. The van der Waals surface area contributed by atoms with Crippen molar-refractivity contribution in [2.45, 2.75) is 136 Å². The van der Waals surface area contributed by atoms with Gasteiger partial charge in [0.1, 0.15) is 24.3 Å². The SMILES string of the molecule is CCCCCCCCCCCCCCCCCCCCNc1cc2oc3cc(=[N+](CC)CC)ccc-3nc2c2ccccc12.[Cl-]. The van der Waals surface area contributed by atoms with Gasteiger partial charge in [0.15, 0.2) is 11.3 Å². The molecule has 248 valence electrons. The number of halogens is 1. The maximum atomic E-state index is 6.49. The highest BCUT2D eigenvalue weighted by molar-refractivity contribution is 6.10. The van der Waals surface area contributed by atoms with E-state index in [1.54, 1.807) is 0 Å². The summed E-state index contributed by atoms with van der Waals surface area (Å²) in [7, 11) is 0. The van der Waals surface area contributed by atoms with Crippen LogP contribution in [-0.4, -0.2) is 24.6 Å². The van der Waals surface area contributed by atoms with Crippen molar-refractivity contribution in [2.24, 2.45) is 0 Å². The van der Waals surface area contributed by atoms with Crippen molar-refractivity contribution in [1.82, 2.24) is 9.56 Å². The quantitative estimate of drug-likeness (QED) is 0.0409. The number of nitrogens with zero attached hydrogens (tertiary/aromatic N) is 2. The Hall–Kier alpha value is -2.59. The first-order chi connectivity index (χ1) is 21.7. The highest BCUT2D eigenvalue weighted by Gasteiger charge is 2.15. The first-order valence-corrected chi connectivity index (χ1v) is 18.3. The van der Waals surface area contributed by atoms with Crippen molar-refractivity contribution in [3.05, 3.63) is 53.9 Å². The highest BCUT2D eigenvalue weighted by Crippen LogP contribution is 2.34. The third kappa shape index (κ3) is 11.6. The minimum Gasteiger partial charge on any atom is -1.00 e. The van der Waals surface area contributed by atoms with Crippen molar-refractivity contribution in [1.29, 1.82) is 0 Å². The van der Waals surface area contributed by atoms with E-state index >= 15 is 0 Å². The smallest absolute Gasteiger partial charge is 0.203 e. The van der Waals surface area contributed by atoms with Gasteiger partial charge in [-0.3, -0.25) is 0 Å². The Morgan fingerprint density at radius 1 is 0.622 bits per heavy atom. The van der Waals surface area contributed by atoms with E-state index in [0.29, 0.717) is 0 Å². The maximum Gasteiger partial charge on any atom is 0.203 e. The zero-order valence-corrected chi connectivity index (χ0v) is 29.4. The molecule has 2 aromatic rings. The van der Waals surface area contributed by atoms with Gasteiger partial charge in [0, 0.05) is 35.1 Å². The van der Waals surface area contributed by atoms with Crippen molar-refractivity contribution in [3.8, 4) is 11.5 Å². The molecule has 0 aromatic heterocycles. The molecule has 0 spiro atoms. The molecule has 45 heavy (non-hydrogen) atoms. The Kier molecular flexibility index (Phi) is 17.4. The van der Waals surface area contributed by atoms with Crippen LogP contribution in [0.2, 0.25) is 0 Å². The third-order valence-corrected chi connectivity index (χ3v) is 9.35. The fourth-order valence-corrected chi connectivity index (χ4v) is 6.62. The highest BCUT2D eigenvalue weighted by atomic mass is 35.5. The normalized spacial score (nSPS) is 11.4. The number of hydrogen-bond donors (Lipinski definition) is 1. The molecule has 0 amide bonds.